The monoisotopic (exact) mass is 324 g/mol. The summed E-state index contributed by atoms with van der Waals surface area (Å²) < 4.78 is 5.11. The third-order valence-corrected chi connectivity index (χ3v) is 3.27. The number of rotatable bonds is 7. The van der Waals surface area contributed by atoms with Crippen molar-refractivity contribution in [1.82, 2.24) is 10.3 Å². The highest BCUT2D eigenvalue weighted by atomic mass is 16.5. The van der Waals surface area contributed by atoms with Crippen molar-refractivity contribution in [3.8, 4) is 0 Å². The lowest BCUT2D eigenvalue weighted by molar-refractivity contribution is 0.101. The smallest absolute Gasteiger partial charge is 0.407 e. The zero-order valence-electron chi connectivity index (χ0n) is 13.6. The number of nitrogens with zero attached hydrogens (tertiary/aromatic N) is 1. The van der Waals surface area contributed by atoms with E-state index in [-0.39, 0.29) is 12.4 Å². The van der Waals surface area contributed by atoms with Crippen LogP contribution < -0.4 is 5.32 Å². The lowest BCUT2D eigenvalue weighted by atomic mass is 10.2. The molecule has 0 radical (unpaired) electrons. The molecule has 2 rings (SSSR count). The number of aromatic nitrogens is 1. The number of ether oxygens (including phenoxy) is 1. The number of hydrogen-bond acceptors (Lipinski definition) is 4. The maximum absolute atomic E-state index is 11.5. The standard InChI is InChI=1S/C19H20N2O3/c1-15(22)17-10-11-18(21-13-17)9-5-6-12-20-19(23)24-14-16-7-3-2-4-8-16/h2-5,7-11,13H,6,12,14H2,1H3,(H,20,23). The number of carbonyl (C=O) groups excluding carboxylic acids is 2. The molecule has 1 aromatic carbocycles. The summed E-state index contributed by atoms with van der Waals surface area (Å²) in [6.07, 6.45) is 5.54. The summed E-state index contributed by atoms with van der Waals surface area (Å²) in [6.45, 7) is 2.25. The van der Waals surface area contributed by atoms with Crippen LogP contribution in [-0.2, 0) is 11.3 Å². The molecule has 0 spiro atoms. The van der Waals surface area contributed by atoms with Gasteiger partial charge in [0.15, 0.2) is 5.78 Å². The number of alkyl carbamates (subject to hydrolysis) is 1. The van der Waals surface area contributed by atoms with E-state index in [9.17, 15) is 9.59 Å². The van der Waals surface area contributed by atoms with Gasteiger partial charge in [0, 0.05) is 18.3 Å². The van der Waals surface area contributed by atoms with Crippen LogP contribution in [0.15, 0.2) is 54.7 Å². The average Bonchev–Trinajstić information content (AvgIpc) is 2.61. The molecule has 1 amide bonds. The Hall–Kier alpha value is -2.95. The predicted octanol–water partition coefficient (Wildman–Crippen LogP) is 3.61. The SMILES string of the molecule is CC(=O)c1ccc(C=CCCNC(=O)OCc2ccccc2)nc1. The zero-order valence-corrected chi connectivity index (χ0v) is 13.6. The average molecular weight is 324 g/mol. The van der Waals surface area contributed by atoms with Gasteiger partial charge in [-0.2, -0.15) is 0 Å². The van der Waals surface area contributed by atoms with E-state index in [0.29, 0.717) is 18.5 Å². The number of Topliss-reactive ketones (excluding diaryl/α,β-unsaturated/α-hetero) is 1. The molecule has 1 N–H and O–H groups in total. The second-order valence-corrected chi connectivity index (χ2v) is 5.21. The van der Waals surface area contributed by atoms with Gasteiger partial charge in [0.25, 0.3) is 0 Å². The van der Waals surface area contributed by atoms with Gasteiger partial charge >= 0.3 is 6.09 Å². The Morgan fingerprint density at radius 1 is 1.17 bits per heavy atom. The first kappa shape index (κ1) is 17.4. The molecule has 0 bridgehead atoms. The minimum absolute atomic E-state index is 0.00348. The van der Waals surface area contributed by atoms with Gasteiger partial charge in [0.2, 0.25) is 0 Å². The molecular weight excluding hydrogens is 304 g/mol. The molecule has 0 aliphatic rings. The van der Waals surface area contributed by atoms with Gasteiger partial charge in [0.1, 0.15) is 6.61 Å². The Labute approximate surface area is 141 Å². The summed E-state index contributed by atoms with van der Waals surface area (Å²) in [6, 6.07) is 13.1. The van der Waals surface area contributed by atoms with Crippen LogP contribution in [0.3, 0.4) is 0 Å². The molecule has 0 saturated heterocycles. The Morgan fingerprint density at radius 2 is 1.96 bits per heavy atom. The zero-order chi connectivity index (χ0) is 17.2. The highest BCUT2D eigenvalue weighted by Gasteiger charge is 2.01. The van der Waals surface area contributed by atoms with E-state index in [2.05, 4.69) is 10.3 Å². The predicted molar refractivity (Wildman–Crippen MR) is 92.5 cm³/mol. The number of benzene rings is 1. The fraction of sp³-hybridized carbons (Fsp3) is 0.211. The fourth-order valence-corrected chi connectivity index (χ4v) is 1.95. The van der Waals surface area contributed by atoms with Gasteiger partial charge < -0.3 is 10.1 Å². The number of carbonyl (C=O) groups is 2. The maximum atomic E-state index is 11.5. The van der Waals surface area contributed by atoms with E-state index >= 15 is 0 Å². The largest absolute Gasteiger partial charge is 0.445 e. The number of pyridine rings is 1. The Kier molecular flexibility index (Phi) is 6.71. The van der Waals surface area contributed by atoms with Crippen molar-refractivity contribution < 1.29 is 14.3 Å². The summed E-state index contributed by atoms with van der Waals surface area (Å²) in [4.78, 5) is 26.9. The Morgan fingerprint density at radius 3 is 2.62 bits per heavy atom. The van der Waals surface area contributed by atoms with Gasteiger partial charge in [-0.25, -0.2) is 4.79 Å². The molecular formula is C19H20N2O3. The van der Waals surface area contributed by atoms with E-state index in [4.69, 9.17) is 4.74 Å². The molecule has 124 valence electrons. The van der Waals surface area contributed by atoms with Crippen molar-refractivity contribution in [2.75, 3.05) is 6.54 Å². The molecule has 0 aliphatic carbocycles. The third-order valence-electron chi connectivity index (χ3n) is 3.27. The van der Waals surface area contributed by atoms with E-state index in [1.807, 2.05) is 42.5 Å². The quantitative estimate of drug-likeness (QED) is 0.624. The van der Waals surface area contributed by atoms with E-state index in [1.165, 1.54) is 6.92 Å². The first-order valence-electron chi connectivity index (χ1n) is 7.73. The second kappa shape index (κ2) is 9.25. The fourth-order valence-electron chi connectivity index (χ4n) is 1.95. The summed E-state index contributed by atoms with van der Waals surface area (Å²) in [5.41, 5.74) is 2.31. The van der Waals surface area contributed by atoms with Gasteiger partial charge in [-0.1, -0.05) is 36.4 Å². The van der Waals surface area contributed by atoms with Crippen LogP contribution in [0.5, 0.6) is 0 Å². The lowest BCUT2D eigenvalue weighted by Gasteiger charge is -2.05. The van der Waals surface area contributed by atoms with E-state index in [0.717, 1.165) is 11.3 Å². The number of ketones is 1. The van der Waals surface area contributed by atoms with Crippen molar-refractivity contribution in [2.45, 2.75) is 20.0 Å². The van der Waals surface area contributed by atoms with Crippen LogP contribution >= 0.6 is 0 Å². The minimum atomic E-state index is -0.434. The molecule has 2 aromatic rings. The number of hydrogen-bond donors (Lipinski definition) is 1. The van der Waals surface area contributed by atoms with Crippen LogP contribution in [0.4, 0.5) is 4.79 Å². The molecule has 5 nitrogen and oxygen atoms in total. The van der Waals surface area contributed by atoms with Crippen molar-refractivity contribution in [2.24, 2.45) is 0 Å². The Bertz CT molecular complexity index is 694. The highest BCUT2D eigenvalue weighted by molar-refractivity contribution is 5.93. The highest BCUT2D eigenvalue weighted by Crippen LogP contribution is 2.03. The maximum Gasteiger partial charge on any atom is 0.407 e. The van der Waals surface area contributed by atoms with Crippen LogP contribution in [0, 0.1) is 0 Å². The van der Waals surface area contributed by atoms with E-state index < -0.39 is 6.09 Å². The first-order valence-corrected chi connectivity index (χ1v) is 7.73. The summed E-state index contributed by atoms with van der Waals surface area (Å²) in [5.74, 6) is -0.00348. The van der Waals surface area contributed by atoms with Crippen LogP contribution in [-0.4, -0.2) is 23.4 Å². The topological polar surface area (TPSA) is 68.3 Å². The number of nitrogens with one attached hydrogen (secondary N) is 1. The van der Waals surface area contributed by atoms with E-state index in [1.54, 1.807) is 18.3 Å². The Balaban J connectivity index is 1.65. The van der Waals surface area contributed by atoms with Gasteiger partial charge in [-0.15, -0.1) is 0 Å². The first-order chi connectivity index (χ1) is 11.6. The molecule has 0 saturated carbocycles. The van der Waals surface area contributed by atoms with Crippen molar-refractivity contribution in [3.05, 3.63) is 71.6 Å². The third kappa shape index (κ3) is 6.04. The minimum Gasteiger partial charge on any atom is -0.445 e. The molecule has 0 unspecified atom stereocenters. The van der Waals surface area contributed by atoms with Crippen LogP contribution in [0.1, 0.15) is 35.0 Å². The van der Waals surface area contributed by atoms with Gasteiger partial charge in [0.05, 0.1) is 5.69 Å². The summed E-state index contributed by atoms with van der Waals surface area (Å²) in [7, 11) is 0. The van der Waals surface area contributed by atoms with Crippen molar-refractivity contribution in [3.63, 3.8) is 0 Å². The summed E-state index contributed by atoms with van der Waals surface area (Å²) >= 11 is 0. The molecule has 1 aromatic heterocycles. The van der Waals surface area contributed by atoms with Gasteiger partial charge in [-0.05, 0) is 37.1 Å². The van der Waals surface area contributed by atoms with Crippen molar-refractivity contribution >= 4 is 18.0 Å². The van der Waals surface area contributed by atoms with Crippen LogP contribution in [0.25, 0.3) is 6.08 Å². The van der Waals surface area contributed by atoms with Crippen molar-refractivity contribution in [1.29, 1.82) is 0 Å². The molecule has 24 heavy (non-hydrogen) atoms. The molecule has 5 heteroatoms. The molecule has 0 fully saturated rings. The molecule has 0 atom stereocenters. The molecule has 1 heterocycles. The normalized spacial score (nSPS) is 10.5. The molecule has 0 aliphatic heterocycles. The van der Waals surface area contributed by atoms with Gasteiger partial charge in [-0.3, -0.25) is 9.78 Å². The summed E-state index contributed by atoms with van der Waals surface area (Å²) in [5, 5.41) is 2.69. The second-order valence-electron chi connectivity index (χ2n) is 5.21. The van der Waals surface area contributed by atoms with Crippen LogP contribution in [0.2, 0.25) is 0 Å². The number of amides is 1. The lowest BCUT2D eigenvalue weighted by Crippen LogP contribution is -2.24.